The second-order valence-corrected chi connectivity index (χ2v) is 18.6. The smallest absolute Gasteiger partial charge is 0.393 e. The summed E-state index contributed by atoms with van der Waals surface area (Å²) in [5.74, 6) is -0.566. The molecule has 1 aliphatic carbocycles. The third-order valence-corrected chi connectivity index (χ3v) is 12.6. The van der Waals surface area contributed by atoms with Gasteiger partial charge < -0.3 is 46.0 Å². The lowest BCUT2D eigenvalue weighted by Crippen LogP contribution is -2.64. The van der Waals surface area contributed by atoms with E-state index in [0.29, 0.717) is 12.8 Å². The van der Waals surface area contributed by atoms with E-state index in [1.807, 2.05) is 0 Å². The van der Waals surface area contributed by atoms with Crippen LogP contribution in [0.15, 0.2) is 12.2 Å². The standard InChI is InChI=1S/C45H88NO12P/c1-3-5-7-9-11-13-14-15-16-17-18-19-20-21-22-23-25-26-28-30-32-36(47)34-39(49)46-37(38(48)33-31-29-27-24-12-10-8-6-4-2)35-57-59(55,56)58-45-43(53)41(51)40(50)42(52)44(45)54/h20-21,36-38,40-45,47-48,50-54H,3-19,22-35H2,1-2H3,(H,46,49)(H,55,56)/b21-20-. The van der Waals surface area contributed by atoms with Crippen molar-refractivity contribution in [3.8, 4) is 0 Å². The summed E-state index contributed by atoms with van der Waals surface area (Å²) in [6.07, 6.45) is 22.9. The van der Waals surface area contributed by atoms with Gasteiger partial charge in [0, 0.05) is 0 Å². The van der Waals surface area contributed by atoms with Gasteiger partial charge >= 0.3 is 7.82 Å². The van der Waals surface area contributed by atoms with E-state index in [0.717, 1.165) is 70.6 Å². The van der Waals surface area contributed by atoms with Crippen LogP contribution in [0.1, 0.15) is 206 Å². The van der Waals surface area contributed by atoms with Crippen molar-refractivity contribution in [1.82, 2.24) is 5.32 Å². The maximum Gasteiger partial charge on any atom is 0.472 e. The Hall–Kier alpha value is -0.960. The third kappa shape index (κ3) is 27.7. The molecule has 350 valence electrons. The molecule has 1 saturated carbocycles. The minimum atomic E-state index is -5.11. The first-order chi connectivity index (χ1) is 28.3. The van der Waals surface area contributed by atoms with Gasteiger partial charge in [0.25, 0.3) is 0 Å². The highest BCUT2D eigenvalue weighted by Crippen LogP contribution is 2.47. The van der Waals surface area contributed by atoms with Crippen LogP contribution >= 0.6 is 7.82 Å². The van der Waals surface area contributed by atoms with Crippen molar-refractivity contribution in [3.63, 3.8) is 0 Å². The van der Waals surface area contributed by atoms with Crippen LogP contribution in [0.4, 0.5) is 0 Å². The van der Waals surface area contributed by atoms with Crippen molar-refractivity contribution in [1.29, 1.82) is 0 Å². The van der Waals surface area contributed by atoms with Gasteiger partial charge in [-0.05, 0) is 38.5 Å². The van der Waals surface area contributed by atoms with E-state index in [-0.39, 0.29) is 12.8 Å². The predicted octanol–water partition coefficient (Wildman–Crippen LogP) is 7.81. The molecule has 1 rings (SSSR count). The summed E-state index contributed by atoms with van der Waals surface area (Å²) in [7, 11) is -5.11. The Morgan fingerprint density at radius 3 is 1.39 bits per heavy atom. The van der Waals surface area contributed by atoms with Crippen molar-refractivity contribution < 1.29 is 59.0 Å². The molecule has 0 aromatic heterocycles. The van der Waals surface area contributed by atoms with Gasteiger partial charge in [-0.3, -0.25) is 13.8 Å². The average Bonchev–Trinajstić information content (AvgIpc) is 3.21. The van der Waals surface area contributed by atoms with E-state index >= 15 is 0 Å². The first kappa shape index (κ1) is 56.1. The average molecular weight is 866 g/mol. The number of aliphatic hydroxyl groups is 7. The fourth-order valence-corrected chi connectivity index (χ4v) is 8.68. The Morgan fingerprint density at radius 1 is 0.576 bits per heavy atom. The lowest BCUT2D eigenvalue weighted by atomic mass is 9.85. The summed E-state index contributed by atoms with van der Waals surface area (Å²) in [5, 5.41) is 74.4. The lowest BCUT2D eigenvalue weighted by Gasteiger charge is -2.41. The normalized spacial score (nSPS) is 23.6. The predicted molar refractivity (Wildman–Crippen MR) is 234 cm³/mol. The van der Waals surface area contributed by atoms with Crippen LogP contribution in [0.5, 0.6) is 0 Å². The highest BCUT2D eigenvalue weighted by Gasteiger charge is 2.51. The number of aliphatic hydroxyl groups excluding tert-OH is 7. The SMILES string of the molecule is CCCCCCCCCCCCC/C=C\CCCCCCCC(O)CC(=O)NC(COP(=O)(O)OC1C(O)C(O)C(O)C(O)C1O)C(O)CCCCCCCCCCC. The molecule has 13 nitrogen and oxygen atoms in total. The highest BCUT2D eigenvalue weighted by atomic mass is 31.2. The van der Waals surface area contributed by atoms with Crippen LogP contribution in [-0.2, 0) is 18.4 Å². The largest absolute Gasteiger partial charge is 0.472 e. The Morgan fingerprint density at radius 2 is 0.949 bits per heavy atom. The maximum atomic E-state index is 13.0. The molecule has 0 aromatic rings. The molecule has 0 saturated heterocycles. The zero-order valence-electron chi connectivity index (χ0n) is 36.9. The molecule has 0 aromatic carbocycles. The minimum Gasteiger partial charge on any atom is -0.393 e. The lowest BCUT2D eigenvalue weighted by molar-refractivity contribution is -0.220. The van der Waals surface area contributed by atoms with Crippen LogP contribution < -0.4 is 5.32 Å². The summed E-state index contributed by atoms with van der Waals surface area (Å²) < 4.78 is 22.8. The fourth-order valence-electron chi connectivity index (χ4n) is 7.71. The molecule has 1 amide bonds. The molecule has 0 spiro atoms. The number of hydrogen-bond acceptors (Lipinski definition) is 11. The van der Waals surface area contributed by atoms with Gasteiger partial charge in [0.2, 0.25) is 5.91 Å². The summed E-state index contributed by atoms with van der Waals surface area (Å²) in [5.41, 5.74) is 0. The van der Waals surface area contributed by atoms with Gasteiger partial charge in [-0.1, -0.05) is 174 Å². The second kappa shape index (κ2) is 35.5. The molecule has 9 N–H and O–H groups in total. The minimum absolute atomic E-state index is 0.225. The first-order valence-electron chi connectivity index (χ1n) is 23.7. The number of carbonyl (C=O) groups is 1. The van der Waals surface area contributed by atoms with Crippen LogP contribution in [0.25, 0.3) is 0 Å². The second-order valence-electron chi connectivity index (χ2n) is 17.1. The number of phosphoric acid groups is 1. The zero-order chi connectivity index (χ0) is 43.7. The molecular formula is C45H88NO12P. The van der Waals surface area contributed by atoms with Gasteiger partial charge in [-0.2, -0.15) is 0 Å². The van der Waals surface area contributed by atoms with Gasteiger partial charge in [-0.15, -0.1) is 0 Å². The molecule has 0 radical (unpaired) electrons. The van der Waals surface area contributed by atoms with Crippen LogP contribution in [0.2, 0.25) is 0 Å². The van der Waals surface area contributed by atoms with E-state index in [9.17, 15) is 50.0 Å². The number of carbonyl (C=O) groups excluding carboxylic acids is 1. The van der Waals surface area contributed by atoms with E-state index in [4.69, 9.17) is 9.05 Å². The molecule has 8 unspecified atom stereocenters. The Bertz CT molecular complexity index is 1070. The van der Waals surface area contributed by atoms with Gasteiger partial charge in [0.15, 0.2) is 0 Å². The van der Waals surface area contributed by atoms with Gasteiger partial charge in [-0.25, -0.2) is 4.57 Å². The monoisotopic (exact) mass is 866 g/mol. The van der Waals surface area contributed by atoms with E-state index in [2.05, 4.69) is 31.3 Å². The fraction of sp³-hybridized carbons (Fsp3) is 0.933. The number of amides is 1. The van der Waals surface area contributed by atoms with Gasteiger partial charge in [0.1, 0.15) is 36.6 Å². The number of allylic oxidation sites excluding steroid dienone is 2. The molecule has 0 aliphatic heterocycles. The summed E-state index contributed by atoms with van der Waals surface area (Å²) in [6, 6.07) is -1.15. The van der Waals surface area contributed by atoms with Crippen molar-refractivity contribution >= 4 is 13.7 Å². The molecule has 1 fully saturated rings. The number of rotatable bonds is 39. The molecule has 1 aliphatic rings. The van der Waals surface area contributed by atoms with Crippen LogP contribution in [-0.4, -0.2) is 108 Å². The van der Waals surface area contributed by atoms with Crippen molar-refractivity contribution in [2.24, 2.45) is 0 Å². The van der Waals surface area contributed by atoms with Crippen LogP contribution in [0.3, 0.4) is 0 Å². The summed E-state index contributed by atoms with van der Waals surface area (Å²) >= 11 is 0. The topological polar surface area (TPSA) is 226 Å². The summed E-state index contributed by atoms with van der Waals surface area (Å²) in [4.78, 5) is 23.4. The third-order valence-electron chi connectivity index (χ3n) is 11.6. The van der Waals surface area contributed by atoms with E-state index < -0.39 is 75.2 Å². The molecule has 0 heterocycles. The Balaban J connectivity index is 2.42. The number of hydrogen-bond donors (Lipinski definition) is 9. The first-order valence-corrected chi connectivity index (χ1v) is 25.2. The van der Waals surface area contributed by atoms with E-state index in [1.54, 1.807) is 0 Å². The highest BCUT2D eigenvalue weighted by molar-refractivity contribution is 7.47. The Labute approximate surface area is 357 Å². The van der Waals surface area contributed by atoms with Crippen molar-refractivity contribution in [2.45, 2.75) is 261 Å². The molecule has 8 atom stereocenters. The number of phosphoric ester groups is 1. The zero-order valence-corrected chi connectivity index (χ0v) is 37.8. The van der Waals surface area contributed by atoms with Gasteiger partial charge in [0.05, 0.1) is 31.3 Å². The Kier molecular flexibility index (Phi) is 33.7. The number of nitrogens with one attached hydrogen (secondary N) is 1. The van der Waals surface area contributed by atoms with Crippen molar-refractivity contribution in [2.75, 3.05) is 6.61 Å². The molecular weight excluding hydrogens is 777 g/mol. The maximum absolute atomic E-state index is 13.0. The quantitative estimate of drug-likeness (QED) is 0.0164. The number of unbranched alkanes of at least 4 members (excludes halogenated alkanes) is 24. The molecule has 59 heavy (non-hydrogen) atoms. The van der Waals surface area contributed by atoms with Crippen LogP contribution in [0, 0.1) is 0 Å². The molecule has 0 bridgehead atoms. The van der Waals surface area contributed by atoms with Crippen molar-refractivity contribution in [3.05, 3.63) is 12.2 Å². The molecule has 14 heteroatoms. The summed E-state index contributed by atoms with van der Waals surface area (Å²) in [6.45, 7) is 3.75. The van der Waals surface area contributed by atoms with E-state index in [1.165, 1.54) is 96.3 Å².